The first-order valence-corrected chi connectivity index (χ1v) is 5.92. The van der Waals surface area contributed by atoms with Gasteiger partial charge in [-0.3, -0.25) is 9.89 Å². The van der Waals surface area contributed by atoms with Gasteiger partial charge in [-0.05, 0) is 17.9 Å². The topological polar surface area (TPSA) is 95.1 Å². The van der Waals surface area contributed by atoms with Crippen molar-refractivity contribution in [3.63, 3.8) is 0 Å². The number of hydrogen-bond acceptors (Lipinski definition) is 3. The number of nitrogens with zero attached hydrogens (tertiary/aromatic N) is 1. The van der Waals surface area contributed by atoms with E-state index in [4.69, 9.17) is 5.11 Å². The van der Waals surface area contributed by atoms with Crippen molar-refractivity contribution in [2.45, 2.75) is 39.7 Å². The van der Waals surface area contributed by atoms with E-state index < -0.39 is 17.9 Å². The summed E-state index contributed by atoms with van der Waals surface area (Å²) >= 11 is 0. The summed E-state index contributed by atoms with van der Waals surface area (Å²) in [5, 5.41) is 18.1. The molecule has 0 fully saturated rings. The van der Waals surface area contributed by atoms with Crippen LogP contribution >= 0.6 is 0 Å². The van der Waals surface area contributed by atoms with E-state index in [0.29, 0.717) is 0 Å². The summed E-state index contributed by atoms with van der Waals surface area (Å²) in [4.78, 5) is 22.8. The largest absolute Gasteiger partial charge is 0.480 e. The third kappa shape index (κ3) is 3.32. The van der Waals surface area contributed by atoms with Crippen LogP contribution in [0.2, 0.25) is 0 Å². The average Bonchev–Trinajstić information content (AvgIpc) is 2.73. The van der Waals surface area contributed by atoms with Crippen LogP contribution < -0.4 is 5.32 Å². The number of aromatic amines is 1. The van der Waals surface area contributed by atoms with Gasteiger partial charge in [-0.1, -0.05) is 27.7 Å². The smallest absolute Gasteiger partial charge is 0.326 e. The molecule has 3 N–H and O–H groups in total. The predicted molar refractivity (Wildman–Crippen MR) is 66.4 cm³/mol. The number of amides is 1. The summed E-state index contributed by atoms with van der Waals surface area (Å²) in [5.74, 6) is -1.47. The maximum absolute atomic E-state index is 11.8. The summed E-state index contributed by atoms with van der Waals surface area (Å²) in [6, 6.07) is 0.732. The normalized spacial score (nSPS) is 12.8. The van der Waals surface area contributed by atoms with Crippen molar-refractivity contribution in [3.05, 3.63) is 17.5 Å². The number of carboxylic acid groups (broad SMARTS) is 1. The second-order valence-electron chi connectivity index (χ2n) is 4.90. The lowest BCUT2D eigenvalue weighted by Crippen LogP contribution is -2.44. The van der Waals surface area contributed by atoms with Gasteiger partial charge in [-0.2, -0.15) is 5.10 Å². The molecule has 0 aliphatic rings. The lowest BCUT2D eigenvalue weighted by Gasteiger charge is -2.16. The van der Waals surface area contributed by atoms with E-state index in [2.05, 4.69) is 15.5 Å². The minimum atomic E-state index is -1.04. The molecule has 0 saturated heterocycles. The van der Waals surface area contributed by atoms with Gasteiger partial charge in [-0.15, -0.1) is 0 Å². The molecule has 0 bridgehead atoms. The number of carbonyl (C=O) groups is 2. The predicted octanol–water partition coefficient (Wildman–Crippen LogP) is 1.37. The van der Waals surface area contributed by atoms with Crippen LogP contribution in [0.3, 0.4) is 0 Å². The van der Waals surface area contributed by atoms with Crippen LogP contribution in [0.5, 0.6) is 0 Å². The monoisotopic (exact) mass is 253 g/mol. The van der Waals surface area contributed by atoms with Gasteiger partial charge in [0.2, 0.25) is 0 Å². The average molecular weight is 253 g/mol. The first-order valence-electron chi connectivity index (χ1n) is 5.92. The van der Waals surface area contributed by atoms with E-state index in [0.717, 1.165) is 5.69 Å². The van der Waals surface area contributed by atoms with Gasteiger partial charge < -0.3 is 10.4 Å². The van der Waals surface area contributed by atoms with Gasteiger partial charge in [0.15, 0.2) is 0 Å². The Kier molecular flexibility index (Phi) is 4.47. The molecule has 1 atom stereocenters. The van der Waals surface area contributed by atoms with Crippen molar-refractivity contribution in [1.82, 2.24) is 15.5 Å². The first-order chi connectivity index (χ1) is 8.32. The second-order valence-corrected chi connectivity index (χ2v) is 4.90. The fourth-order valence-electron chi connectivity index (χ4n) is 1.48. The number of carbonyl (C=O) groups excluding carboxylic acids is 1. The Hall–Kier alpha value is -1.85. The lowest BCUT2D eigenvalue weighted by atomic mass is 10.0. The Morgan fingerprint density at radius 2 is 1.94 bits per heavy atom. The SMILES string of the molecule is CC(C)c1cc(C(=O)N[C@H](C(=O)O)C(C)C)n[nH]1. The van der Waals surface area contributed by atoms with Crippen molar-refractivity contribution in [3.8, 4) is 0 Å². The molecule has 0 unspecified atom stereocenters. The molecule has 1 amide bonds. The lowest BCUT2D eigenvalue weighted by molar-refractivity contribution is -0.140. The highest BCUT2D eigenvalue weighted by Crippen LogP contribution is 2.12. The fourth-order valence-corrected chi connectivity index (χ4v) is 1.48. The van der Waals surface area contributed by atoms with Crippen molar-refractivity contribution >= 4 is 11.9 Å². The number of aromatic nitrogens is 2. The number of rotatable bonds is 5. The van der Waals surface area contributed by atoms with E-state index >= 15 is 0 Å². The zero-order valence-electron chi connectivity index (χ0n) is 11.0. The molecule has 0 aliphatic carbocycles. The molecule has 6 nitrogen and oxygen atoms in total. The van der Waals surface area contributed by atoms with Gasteiger partial charge in [0, 0.05) is 5.69 Å². The highest BCUT2D eigenvalue weighted by Gasteiger charge is 2.25. The number of carboxylic acids is 1. The van der Waals surface area contributed by atoms with Gasteiger partial charge in [0.25, 0.3) is 5.91 Å². The summed E-state index contributed by atoms with van der Waals surface area (Å²) in [6.07, 6.45) is 0. The molecule has 1 aromatic heterocycles. The summed E-state index contributed by atoms with van der Waals surface area (Å²) in [6.45, 7) is 7.43. The van der Waals surface area contributed by atoms with Gasteiger partial charge in [-0.25, -0.2) is 4.79 Å². The Morgan fingerprint density at radius 3 is 2.33 bits per heavy atom. The Morgan fingerprint density at radius 1 is 1.33 bits per heavy atom. The van der Waals surface area contributed by atoms with Crippen molar-refractivity contribution in [2.75, 3.05) is 0 Å². The molecule has 0 aliphatic heterocycles. The summed E-state index contributed by atoms with van der Waals surface area (Å²) in [7, 11) is 0. The Bertz CT molecular complexity index is 438. The van der Waals surface area contributed by atoms with E-state index in [1.807, 2.05) is 13.8 Å². The number of aliphatic carboxylic acids is 1. The fraction of sp³-hybridized carbons (Fsp3) is 0.583. The first kappa shape index (κ1) is 14.2. The summed E-state index contributed by atoms with van der Waals surface area (Å²) < 4.78 is 0. The minimum absolute atomic E-state index is 0.185. The third-order valence-corrected chi connectivity index (χ3v) is 2.67. The number of hydrogen-bond donors (Lipinski definition) is 3. The Labute approximate surface area is 106 Å². The molecule has 100 valence electrons. The van der Waals surface area contributed by atoms with E-state index in [1.165, 1.54) is 0 Å². The molecular weight excluding hydrogens is 234 g/mol. The molecule has 0 radical (unpaired) electrons. The summed E-state index contributed by atoms with van der Waals surface area (Å²) in [5.41, 5.74) is 1.06. The molecule has 1 heterocycles. The van der Waals surface area contributed by atoms with Crippen molar-refractivity contribution in [2.24, 2.45) is 5.92 Å². The number of nitrogens with one attached hydrogen (secondary N) is 2. The van der Waals surface area contributed by atoms with E-state index in [-0.39, 0.29) is 17.5 Å². The quantitative estimate of drug-likeness (QED) is 0.738. The Balaban J connectivity index is 2.77. The maximum atomic E-state index is 11.8. The highest BCUT2D eigenvalue weighted by molar-refractivity contribution is 5.95. The highest BCUT2D eigenvalue weighted by atomic mass is 16.4. The van der Waals surface area contributed by atoms with Crippen LogP contribution in [0.4, 0.5) is 0 Å². The molecule has 18 heavy (non-hydrogen) atoms. The molecule has 6 heteroatoms. The van der Waals surface area contributed by atoms with E-state index in [1.54, 1.807) is 19.9 Å². The molecule has 1 aromatic rings. The third-order valence-electron chi connectivity index (χ3n) is 2.67. The van der Waals surface area contributed by atoms with Gasteiger partial charge in [0.05, 0.1) is 0 Å². The van der Waals surface area contributed by atoms with Crippen molar-refractivity contribution < 1.29 is 14.7 Å². The standard InChI is InChI=1S/C12H19N3O3/c1-6(2)8-5-9(15-14-8)11(16)13-10(7(3)4)12(17)18/h5-7,10H,1-4H3,(H,13,16)(H,14,15)(H,17,18)/t10-/m0/s1. The molecule has 0 spiro atoms. The molecule has 0 saturated carbocycles. The van der Waals surface area contributed by atoms with Crippen LogP contribution in [-0.2, 0) is 4.79 Å². The number of H-pyrrole nitrogens is 1. The van der Waals surface area contributed by atoms with Crippen LogP contribution in [0, 0.1) is 5.92 Å². The zero-order valence-corrected chi connectivity index (χ0v) is 11.0. The second kappa shape index (κ2) is 5.66. The minimum Gasteiger partial charge on any atom is -0.480 e. The molecular formula is C12H19N3O3. The van der Waals surface area contributed by atoms with Gasteiger partial charge in [0.1, 0.15) is 11.7 Å². The van der Waals surface area contributed by atoms with E-state index in [9.17, 15) is 9.59 Å². The molecule has 1 rings (SSSR count). The van der Waals surface area contributed by atoms with Gasteiger partial charge >= 0.3 is 5.97 Å². The van der Waals surface area contributed by atoms with Crippen LogP contribution in [-0.4, -0.2) is 33.2 Å². The van der Waals surface area contributed by atoms with Crippen LogP contribution in [0.15, 0.2) is 6.07 Å². The maximum Gasteiger partial charge on any atom is 0.326 e. The van der Waals surface area contributed by atoms with Crippen LogP contribution in [0.25, 0.3) is 0 Å². The molecule has 0 aromatic carbocycles. The van der Waals surface area contributed by atoms with Crippen LogP contribution in [0.1, 0.15) is 49.8 Å². The van der Waals surface area contributed by atoms with Crippen molar-refractivity contribution in [1.29, 1.82) is 0 Å². The zero-order chi connectivity index (χ0) is 13.9.